The van der Waals surface area contributed by atoms with Crippen LogP contribution in [0, 0.1) is 5.92 Å². The van der Waals surface area contributed by atoms with Gasteiger partial charge in [0.15, 0.2) is 0 Å². The third kappa shape index (κ3) is 2.67. The Morgan fingerprint density at radius 2 is 2.04 bits per heavy atom. The highest BCUT2D eigenvalue weighted by atomic mass is 16.2. The molecule has 0 saturated carbocycles. The summed E-state index contributed by atoms with van der Waals surface area (Å²) in [6.45, 7) is 5.20. The molecule has 0 radical (unpaired) electrons. The van der Waals surface area contributed by atoms with E-state index in [-0.39, 0.29) is 23.4 Å². The van der Waals surface area contributed by atoms with E-state index in [1.54, 1.807) is 10.6 Å². The summed E-state index contributed by atoms with van der Waals surface area (Å²) in [7, 11) is 2.10. The van der Waals surface area contributed by atoms with Crippen LogP contribution in [-0.4, -0.2) is 66.6 Å². The van der Waals surface area contributed by atoms with E-state index in [2.05, 4.69) is 17.3 Å². The normalized spacial score (nSPS) is 30.5. The Morgan fingerprint density at radius 3 is 2.92 bits per heavy atom. The molecule has 0 spiro atoms. The smallest absolute Gasteiger partial charge is 0.251 e. The Morgan fingerprint density at radius 1 is 1.17 bits per heavy atom. The molecule has 6 nitrogen and oxygen atoms in total. The standard InChI is InChI=1S/C18H26N4O2/c1-20-6-3-7-21(9-8-20)18(24)17-14-10-13(11-19-12-14)15-4-2-5-16(23)22(15)17/h2,4-5,13-14,17,19H,3,6-12H2,1H3/t13-,14+,17-/m1/s1. The number of carbonyl (C=O) groups excluding carboxylic acids is 1. The quantitative estimate of drug-likeness (QED) is 0.803. The first-order chi connectivity index (χ1) is 11.6. The number of fused-ring (bicyclic) bond motifs is 4. The van der Waals surface area contributed by atoms with Gasteiger partial charge in [-0.3, -0.25) is 14.2 Å². The number of rotatable bonds is 1. The van der Waals surface area contributed by atoms with Gasteiger partial charge in [-0.2, -0.15) is 0 Å². The van der Waals surface area contributed by atoms with Crippen LogP contribution in [0.3, 0.4) is 0 Å². The van der Waals surface area contributed by atoms with Gasteiger partial charge in [0, 0.05) is 56.3 Å². The summed E-state index contributed by atoms with van der Waals surface area (Å²) in [5, 5.41) is 3.46. The van der Waals surface area contributed by atoms with Gasteiger partial charge in [-0.1, -0.05) is 6.07 Å². The minimum absolute atomic E-state index is 0.0330. The number of hydrogen-bond donors (Lipinski definition) is 1. The molecular weight excluding hydrogens is 304 g/mol. The van der Waals surface area contributed by atoms with Gasteiger partial charge in [0.1, 0.15) is 6.04 Å². The number of pyridine rings is 1. The fourth-order valence-electron chi connectivity index (χ4n) is 4.57. The molecule has 4 rings (SSSR count). The summed E-state index contributed by atoms with van der Waals surface area (Å²) in [4.78, 5) is 30.2. The topological polar surface area (TPSA) is 57.6 Å². The molecule has 2 fully saturated rings. The van der Waals surface area contributed by atoms with Crippen molar-refractivity contribution < 1.29 is 4.79 Å². The lowest BCUT2D eigenvalue weighted by Crippen LogP contribution is -2.53. The first-order valence-electron chi connectivity index (χ1n) is 9.04. The molecule has 4 heterocycles. The van der Waals surface area contributed by atoms with E-state index in [1.165, 1.54) is 0 Å². The molecule has 1 aromatic heterocycles. The maximum atomic E-state index is 13.3. The summed E-state index contributed by atoms with van der Waals surface area (Å²) in [6.07, 6.45) is 2.00. The molecule has 1 aromatic rings. The van der Waals surface area contributed by atoms with Crippen LogP contribution in [0.2, 0.25) is 0 Å². The summed E-state index contributed by atoms with van der Waals surface area (Å²) in [5.74, 6) is 0.689. The van der Waals surface area contributed by atoms with Gasteiger partial charge in [-0.05, 0) is 32.5 Å². The van der Waals surface area contributed by atoms with Crippen molar-refractivity contribution in [2.45, 2.75) is 24.8 Å². The third-order valence-electron chi connectivity index (χ3n) is 5.83. The lowest BCUT2D eigenvalue weighted by Gasteiger charge is -2.43. The first-order valence-corrected chi connectivity index (χ1v) is 9.04. The zero-order valence-electron chi connectivity index (χ0n) is 14.3. The van der Waals surface area contributed by atoms with Crippen molar-refractivity contribution in [3.8, 4) is 0 Å². The van der Waals surface area contributed by atoms with E-state index in [4.69, 9.17) is 0 Å². The van der Waals surface area contributed by atoms with Crippen LogP contribution in [-0.2, 0) is 4.79 Å². The number of piperidine rings is 1. The Labute approximate surface area is 142 Å². The van der Waals surface area contributed by atoms with Crippen LogP contribution in [0.5, 0.6) is 0 Å². The third-order valence-corrected chi connectivity index (χ3v) is 5.83. The van der Waals surface area contributed by atoms with E-state index in [0.717, 1.165) is 57.8 Å². The monoisotopic (exact) mass is 330 g/mol. The zero-order valence-corrected chi connectivity index (χ0v) is 14.3. The maximum Gasteiger partial charge on any atom is 0.251 e. The predicted octanol–water partition coefficient (Wildman–Crippen LogP) is 0.260. The highest BCUT2D eigenvalue weighted by Gasteiger charge is 2.42. The van der Waals surface area contributed by atoms with Crippen molar-refractivity contribution in [3.05, 3.63) is 34.2 Å². The minimum atomic E-state index is -0.346. The van der Waals surface area contributed by atoms with Gasteiger partial charge in [-0.25, -0.2) is 0 Å². The predicted molar refractivity (Wildman–Crippen MR) is 92.2 cm³/mol. The van der Waals surface area contributed by atoms with Gasteiger partial charge in [0.25, 0.3) is 5.56 Å². The number of likely N-dealkylation sites (N-methyl/N-ethyl adjacent to an activating group) is 1. The SMILES string of the molecule is CN1CCCN(C(=O)[C@H]2[C@@H]3CNC[C@@H](C3)c3cccc(=O)n32)CC1. The average molecular weight is 330 g/mol. The first kappa shape index (κ1) is 15.8. The number of nitrogens with zero attached hydrogens (tertiary/aromatic N) is 3. The molecule has 2 bridgehead atoms. The summed E-state index contributed by atoms with van der Waals surface area (Å²) in [5.41, 5.74) is 0.991. The molecule has 24 heavy (non-hydrogen) atoms. The van der Waals surface area contributed by atoms with Gasteiger partial charge in [0.05, 0.1) is 0 Å². The Hall–Kier alpha value is -1.66. The van der Waals surface area contributed by atoms with Crippen LogP contribution in [0.4, 0.5) is 0 Å². The lowest BCUT2D eigenvalue weighted by molar-refractivity contribution is -0.137. The largest absolute Gasteiger partial charge is 0.340 e. The van der Waals surface area contributed by atoms with E-state index in [9.17, 15) is 9.59 Å². The van der Waals surface area contributed by atoms with Gasteiger partial charge in [-0.15, -0.1) is 0 Å². The highest BCUT2D eigenvalue weighted by molar-refractivity contribution is 5.81. The number of aromatic nitrogens is 1. The number of hydrogen-bond acceptors (Lipinski definition) is 4. The fourth-order valence-corrected chi connectivity index (χ4v) is 4.57. The van der Waals surface area contributed by atoms with Crippen molar-refractivity contribution in [3.63, 3.8) is 0 Å². The molecule has 3 atom stereocenters. The van der Waals surface area contributed by atoms with Crippen LogP contribution in [0.25, 0.3) is 0 Å². The van der Waals surface area contributed by atoms with Crippen LogP contribution < -0.4 is 10.9 Å². The molecule has 0 aliphatic carbocycles. The number of amides is 1. The average Bonchev–Trinajstić information content (AvgIpc) is 2.80. The molecule has 0 aromatic carbocycles. The second-order valence-corrected chi connectivity index (χ2v) is 7.44. The number of carbonyl (C=O) groups is 1. The van der Waals surface area contributed by atoms with Crippen molar-refractivity contribution in [1.82, 2.24) is 19.7 Å². The zero-order chi connectivity index (χ0) is 16.7. The van der Waals surface area contributed by atoms with Crippen molar-refractivity contribution in [2.75, 3.05) is 46.3 Å². The van der Waals surface area contributed by atoms with E-state index < -0.39 is 0 Å². The Kier molecular flexibility index (Phi) is 4.18. The second-order valence-electron chi connectivity index (χ2n) is 7.44. The Bertz CT molecular complexity index is 686. The summed E-state index contributed by atoms with van der Waals surface area (Å²) in [6, 6.07) is 5.09. The van der Waals surface area contributed by atoms with E-state index >= 15 is 0 Å². The van der Waals surface area contributed by atoms with Crippen LogP contribution >= 0.6 is 0 Å². The molecule has 1 amide bonds. The molecule has 130 valence electrons. The molecule has 2 saturated heterocycles. The van der Waals surface area contributed by atoms with Gasteiger partial charge < -0.3 is 15.1 Å². The van der Waals surface area contributed by atoms with Crippen molar-refractivity contribution >= 4 is 5.91 Å². The molecule has 3 aliphatic heterocycles. The van der Waals surface area contributed by atoms with E-state index in [0.29, 0.717) is 5.92 Å². The maximum absolute atomic E-state index is 13.3. The lowest BCUT2D eigenvalue weighted by atomic mass is 9.79. The molecule has 0 unspecified atom stereocenters. The fraction of sp³-hybridized carbons (Fsp3) is 0.667. The Balaban J connectivity index is 1.70. The van der Waals surface area contributed by atoms with Crippen LogP contribution in [0.15, 0.2) is 23.0 Å². The highest BCUT2D eigenvalue weighted by Crippen LogP contribution is 2.39. The van der Waals surface area contributed by atoms with Crippen molar-refractivity contribution in [1.29, 1.82) is 0 Å². The van der Waals surface area contributed by atoms with E-state index in [1.807, 2.05) is 17.0 Å². The number of nitrogens with one attached hydrogen (secondary N) is 1. The molecular formula is C18H26N4O2. The van der Waals surface area contributed by atoms with Gasteiger partial charge in [0.2, 0.25) is 5.91 Å². The molecule has 1 N–H and O–H groups in total. The van der Waals surface area contributed by atoms with Crippen LogP contribution in [0.1, 0.15) is 30.5 Å². The second kappa shape index (κ2) is 6.33. The van der Waals surface area contributed by atoms with Gasteiger partial charge >= 0.3 is 0 Å². The minimum Gasteiger partial charge on any atom is -0.340 e. The molecule has 3 aliphatic rings. The summed E-state index contributed by atoms with van der Waals surface area (Å²) >= 11 is 0. The summed E-state index contributed by atoms with van der Waals surface area (Å²) < 4.78 is 1.80. The van der Waals surface area contributed by atoms with Crippen molar-refractivity contribution in [2.24, 2.45) is 5.92 Å². The molecule has 6 heteroatoms.